The van der Waals surface area contributed by atoms with E-state index in [1.165, 1.54) is 6.33 Å². The van der Waals surface area contributed by atoms with E-state index < -0.39 is 0 Å². The van der Waals surface area contributed by atoms with Crippen molar-refractivity contribution in [3.05, 3.63) is 43.0 Å². The van der Waals surface area contributed by atoms with Crippen LogP contribution in [0.4, 0.5) is 0 Å². The van der Waals surface area contributed by atoms with Gasteiger partial charge in [0.1, 0.15) is 17.7 Å². The van der Waals surface area contributed by atoms with Crippen LogP contribution in [0.2, 0.25) is 0 Å². The molecule has 4 aromatic rings. The lowest BCUT2D eigenvalue weighted by Crippen LogP contribution is -2.43. The summed E-state index contributed by atoms with van der Waals surface area (Å²) in [4.78, 5) is 18.6. The number of rotatable bonds is 8. The third kappa shape index (κ3) is 4.44. The zero-order valence-electron chi connectivity index (χ0n) is 18.0. The van der Waals surface area contributed by atoms with Gasteiger partial charge in [-0.25, -0.2) is 15.0 Å². The van der Waals surface area contributed by atoms with Crippen LogP contribution >= 0.6 is 0 Å². The molecule has 0 aliphatic carbocycles. The number of aromatic nitrogens is 4. The van der Waals surface area contributed by atoms with Crippen molar-refractivity contribution in [3.8, 4) is 23.1 Å². The number of piperazine rings is 1. The Balaban J connectivity index is 1.32. The highest BCUT2D eigenvalue weighted by Gasteiger charge is 2.14. The fourth-order valence-corrected chi connectivity index (χ4v) is 3.89. The number of benzene rings is 1. The quantitative estimate of drug-likeness (QED) is 0.409. The van der Waals surface area contributed by atoms with Gasteiger partial charge in [-0.15, -0.1) is 0 Å². The molecule has 9 heteroatoms. The summed E-state index contributed by atoms with van der Waals surface area (Å²) in [6.45, 7) is 5.92. The third-order valence-electron chi connectivity index (χ3n) is 5.56. The molecule has 3 aromatic heterocycles. The fourth-order valence-electron chi connectivity index (χ4n) is 3.89. The maximum Gasteiger partial charge on any atom is 0.230 e. The van der Waals surface area contributed by atoms with Crippen molar-refractivity contribution in [2.75, 3.05) is 46.4 Å². The van der Waals surface area contributed by atoms with Gasteiger partial charge in [-0.3, -0.25) is 0 Å². The van der Waals surface area contributed by atoms with Gasteiger partial charge in [0.05, 0.1) is 30.8 Å². The van der Waals surface area contributed by atoms with E-state index in [0.717, 1.165) is 61.1 Å². The molecule has 1 fully saturated rings. The Morgan fingerprint density at radius 1 is 1.06 bits per heavy atom. The first-order valence-electron chi connectivity index (χ1n) is 10.8. The molecule has 1 aliphatic rings. The summed E-state index contributed by atoms with van der Waals surface area (Å²) >= 11 is 0. The smallest absolute Gasteiger partial charge is 0.230 e. The molecule has 0 unspecified atom stereocenters. The van der Waals surface area contributed by atoms with E-state index in [-0.39, 0.29) is 0 Å². The molecule has 0 bridgehead atoms. The number of nitrogens with zero attached hydrogens (tertiary/aromatic N) is 4. The van der Waals surface area contributed by atoms with Crippen LogP contribution in [-0.4, -0.2) is 71.3 Å². The molecule has 166 valence electrons. The molecule has 4 heterocycles. The highest BCUT2D eigenvalue weighted by Crippen LogP contribution is 2.36. The van der Waals surface area contributed by atoms with Gasteiger partial charge < -0.3 is 29.4 Å². The minimum Gasteiger partial charge on any atom is -0.493 e. The summed E-state index contributed by atoms with van der Waals surface area (Å²) in [6, 6.07) is 7.60. The summed E-state index contributed by atoms with van der Waals surface area (Å²) < 4.78 is 17.7. The van der Waals surface area contributed by atoms with Gasteiger partial charge in [0.2, 0.25) is 5.88 Å². The van der Waals surface area contributed by atoms with Crippen molar-refractivity contribution in [1.29, 1.82) is 0 Å². The predicted molar refractivity (Wildman–Crippen MR) is 122 cm³/mol. The highest BCUT2D eigenvalue weighted by atomic mass is 16.5. The summed E-state index contributed by atoms with van der Waals surface area (Å²) in [7, 11) is 1.63. The Kier molecular flexibility index (Phi) is 6.00. The van der Waals surface area contributed by atoms with Gasteiger partial charge in [0.15, 0.2) is 11.5 Å². The number of nitrogens with one attached hydrogen (secondary N) is 2. The fraction of sp³-hybridized carbons (Fsp3) is 0.348. The molecule has 32 heavy (non-hydrogen) atoms. The van der Waals surface area contributed by atoms with Gasteiger partial charge >= 0.3 is 0 Å². The predicted octanol–water partition coefficient (Wildman–Crippen LogP) is 2.98. The first-order valence-corrected chi connectivity index (χ1v) is 10.8. The molecule has 0 saturated carbocycles. The number of H-pyrrole nitrogens is 1. The second-order valence-corrected chi connectivity index (χ2v) is 7.68. The van der Waals surface area contributed by atoms with Crippen LogP contribution in [0, 0.1) is 0 Å². The van der Waals surface area contributed by atoms with Gasteiger partial charge in [-0.05, 0) is 24.6 Å². The molecular weight excluding hydrogens is 408 g/mol. The SMILES string of the molecule is COc1cc2c(Oc3cnc4[nH]ccc4c3)ncnc2cc1OCCCN1CCNCC1. The first-order chi connectivity index (χ1) is 15.8. The monoisotopic (exact) mass is 434 g/mol. The summed E-state index contributed by atoms with van der Waals surface area (Å²) in [5.74, 6) is 2.33. The van der Waals surface area contributed by atoms with Crippen LogP contribution in [0.15, 0.2) is 43.0 Å². The van der Waals surface area contributed by atoms with Crippen molar-refractivity contribution in [2.24, 2.45) is 0 Å². The van der Waals surface area contributed by atoms with E-state index in [9.17, 15) is 0 Å². The Labute approximate surface area is 185 Å². The molecule has 9 nitrogen and oxygen atoms in total. The first kappa shape index (κ1) is 20.5. The number of hydrogen-bond acceptors (Lipinski definition) is 8. The molecule has 1 aliphatic heterocycles. The molecule has 2 N–H and O–H groups in total. The van der Waals surface area contributed by atoms with E-state index in [1.807, 2.05) is 30.5 Å². The van der Waals surface area contributed by atoms with Crippen molar-refractivity contribution in [1.82, 2.24) is 30.2 Å². The number of ether oxygens (including phenoxy) is 3. The zero-order chi connectivity index (χ0) is 21.8. The third-order valence-corrected chi connectivity index (χ3v) is 5.56. The Morgan fingerprint density at radius 2 is 1.97 bits per heavy atom. The van der Waals surface area contributed by atoms with Crippen LogP contribution in [-0.2, 0) is 0 Å². The minimum absolute atomic E-state index is 0.440. The van der Waals surface area contributed by atoms with E-state index in [1.54, 1.807) is 13.3 Å². The Hall–Kier alpha value is -3.43. The van der Waals surface area contributed by atoms with Gasteiger partial charge in [-0.1, -0.05) is 0 Å². The molecule has 0 radical (unpaired) electrons. The molecule has 0 spiro atoms. The summed E-state index contributed by atoms with van der Waals surface area (Å²) in [6.07, 6.45) is 5.95. The molecule has 0 amide bonds. The number of fused-ring (bicyclic) bond motifs is 2. The van der Waals surface area contributed by atoms with Crippen LogP contribution in [0.3, 0.4) is 0 Å². The number of pyridine rings is 1. The molecule has 1 aromatic carbocycles. The van der Waals surface area contributed by atoms with Gasteiger partial charge in [0.25, 0.3) is 0 Å². The molecule has 5 rings (SSSR count). The standard InChI is InChI=1S/C23H26N6O3/c1-30-20-12-18-19(13-21(20)31-10-2-7-29-8-5-24-6-9-29)27-15-28-23(18)32-17-11-16-3-4-25-22(16)26-14-17/h3-4,11-15,24H,2,5-10H2,1H3,(H,25,26). The second-order valence-electron chi connectivity index (χ2n) is 7.68. The zero-order valence-corrected chi connectivity index (χ0v) is 18.0. The number of hydrogen-bond donors (Lipinski definition) is 2. The molecule has 1 saturated heterocycles. The highest BCUT2D eigenvalue weighted by molar-refractivity contribution is 5.87. The Bertz CT molecular complexity index is 1210. The van der Waals surface area contributed by atoms with E-state index in [0.29, 0.717) is 29.7 Å². The lowest BCUT2D eigenvalue weighted by Gasteiger charge is -2.27. The van der Waals surface area contributed by atoms with Gasteiger partial charge in [0, 0.05) is 50.4 Å². The lowest BCUT2D eigenvalue weighted by atomic mass is 10.2. The van der Waals surface area contributed by atoms with Crippen molar-refractivity contribution in [2.45, 2.75) is 6.42 Å². The summed E-state index contributed by atoms with van der Waals surface area (Å²) in [5, 5.41) is 5.08. The summed E-state index contributed by atoms with van der Waals surface area (Å²) in [5.41, 5.74) is 1.54. The normalized spacial score (nSPS) is 14.7. The topological polar surface area (TPSA) is 97.4 Å². The van der Waals surface area contributed by atoms with Crippen LogP contribution in [0.5, 0.6) is 23.1 Å². The van der Waals surface area contributed by atoms with Crippen LogP contribution in [0.1, 0.15) is 6.42 Å². The maximum atomic E-state index is 6.04. The largest absolute Gasteiger partial charge is 0.493 e. The number of methoxy groups -OCH3 is 1. The maximum absolute atomic E-state index is 6.04. The molecule has 0 atom stereocenters. The lowest BCUT2D eigenvalue weighted by molar-refractivity contribution is 0.211. The van der Waals surface area contributed by atoms with Crippen molar-refractivity contribution in [3.63, 3.8) is 0 Å². The number of aromatic amines is 1. The van der Waals surface area contributed by atoms with E-state index in [2.05, 4.69) is 30.2 Å². The van der Waals surface area contributed by atoms with Crippen LogP contribution in [0.25, 0.3) is 21.9 Å². The van der Waals surface area contributed by atoms with E-state index in [4.69, 9.17) is 14.2 Å². The van der Waals surface area contributed by atoms with Crippen molar-refractivity contribution < 1.29 is 14.2 Å². The van der Waals surface area contributed by atoms with Crippen LogP contribution < -0.4 is 19.5 Å². The second kappa shape index (κ2) is 9.37. The Morgan fingerprint density at radius 3 is 2.84 bits per heavy atom. The molecular formula is C23H26N6O3. The van der Waals surface area contributed by atoms with Crippen molar-refractivity contribution >= 4 is 21.9 Å². The average Bonchev–Trinajstić information content (AvgIpc) is 3.30. The average molecular weight is 435 g/mol. The van der Waals surface area contributed by atoms with Gasteiger partial charge in [-0.2, -0.15) is 0 Å². The minimum atomic E-state index is 0.440. The van der Waals surface area contributed by atoms with E-state index >= 15 is 0 Å².